The van der Waals surface area contributed by atoms with Crippen molar-refractivity contribution in [2.45, 2.75) is 0 Å². The second-order valence-electron chi connectivity index (χ2n) is 7.33. The molecule has 0 N–H and O–H groups in total. The van der Waals surface area contributed by atoms with E-state index in [2.05, 4.69) is 31.9 Å². The quantitative estimate of drug-likeness (QED) is 0.218. The Kier molecular flexibility index (Phi) is 5.68. The Morgan fingerprint density at radius 2 is 1.09 bits per heavy atom. The van der Waals surface area contributed by atoms with E-state index in [4.69, 9.17) is 9.97 Å². The summed E-state index contributed by atoms with van der Waals surface area (Å²) in [7, 11) is 0. The van der Waals surface area contributed by atoms with Crippen molar-refractivity contribution in [2.24, 2.45) is 0 Å². The van der Waals surface area contributed by atoms with Crippen molar-refractivity contribution < 1.29 is 4.79 Å². The van der Waals surface area contributed by atoms with E-state index in [0.29, 0.717) is 16.6 Å². The van der Waals surface area contributed by atoms with Gasteiger partial charge in [0.1, 0.15) is 0 Å². The number of nitrogens with zero attached hydrogens (tertiary/aromatic N) is 2. The monoisotopic (exact) mass is 542 g/mol. The van der Waals surface area contributed by atoms with Crippen molar-refractivity contribution in [1.82, 2.24) is 9.97 Å². The summed E-state index contributed by atoms with van der Waals surface area (Å²) in [6.07, 6.45) is 0. The van der Waals surface area contributed by atoms with E-state index in [9.17, 15) is 4.79 Å². The van der Waals surface area contributed by atoms with Crippen molar-refractivity contribution in [2.75, 3.05) is 0 Å². The van der Waals surface area contributed by atoms with Gasteiger partial charge in [0.05, 0.1) is 22.4 Å². The van der Waals surface area contributed by atoms with Gasteiger partial charge in [-0.15, -0.1) is 0 Å². The number of benzene rings is 4. The molecule has 0 aliphatic rings. The molecule has 0 fully saturated rings. The molecule has 0 saturated carbocycles. The molecule has 1 heterocycles. The molecule has 0 aliphatic carbocycles. The summed E-state index contributed by atoms with van der Waals surface area (Å²) in [6, 6.07) is 30.8. The van der Waals surface area contributed by atoms with Crippen LogP contribution in [0.15, 0.2) is 106 Å². The highest BCUT2D eigenvalue weighted by Gasteiger charge is 2.15. The zero-order valence-corrected chi connectivity index (χ0v) is 20.0. The average Bonchev–Trinajstić information content (AvgIpc) is 2.84. The largest absolute Gasteiger partial charge is 0.289 e. The predicted molar refractivity (Wildman–Crippen MR) is 136 cm³/mol. The molecule has 0 amide bonds. The minimum absolute atomic E-state index is 0.0310. The first-order valence-corrected chi connectivity index (χ1v) is 11.6. The van der Waals surface area contributed by atoms with Crippen LogP contribution in [0, 0.1) is 0 Å². The third kappa shape index (κ3) is 4.14. The number of rotatable bonds is 4. The fraction of sp³-hybridized carbons (Fsp3) is 0. The minimum Gasteiger partial charge on any atom is -0.289 e. The first kappa shape index (κ1) is 20.7. The van der Waals surface area contributed by atoms with Gasteiger partial charge in [-0.1, -0.05) is 86.5 Å². The molecule has 0 atom stereocenters. The zero-order valence-electron chi connectivity index (χ0n) is 16.8. The molecule has 4 aromatic carbocycles. The van der Waals surface area contributed by atoms with Gasteiger partial charge in [0.2, 0.25) is 0 Å². The summed E-state index contributed by atoms with van der Waals surface area (Å²) in [5.41, 5.74) is 6.19. The van der Waals surface area contributed by atoms with Gasteiger partial charge in [-0.2, -0.15) is 0 Å². The number of fused-ring (bicyclic) bond motifs is 1. The molecule has 154 valence electrons. The lowest BCUT2D eigenvalue weighted by Crippen LogP contribution is -2.02. The Labute approximate surface area is 202 Å². The van der Waals surface area contributed by atoms with Gasteiger partial charge in [0.15, 0.2) is 5.78 Å². The van der Waals surface area contributed by atoms with Gasteiger partial charge in [0.25, 0.3) is 0 Å². The fourth-order valence-corrected chi connectivity index (χ4v) is 4.10. The predicted octanol–water partition coefficient (Wildman–Crippen LogP) is 7.72. The van der Waals surface area contributed by atoms with Crippen molar-refractivity contribution in [1.29, 1.82) is 0 Å². The van der Waals surface area contributed by atoms with Crippen LogP contribution in [-0.4, -0.2) is 15.8 Å². The van der Waals surface area contributed by atoms with Crippen LogP contribution in [0.5, 0.6) is 0 Å². The van der Waals surface area contributed by atoms with Crippen LogP contribution >= 0.6 is 31.9 Å². The molecular formula is C27H16Br2N2O. The molecule has 32 heavy (non-hydrogen) atoms. The van der Waals surface area contributed by atoms with E-state index in [1.807, 2.05) is 97.1 Å². The molecule has 3 nitrogen and oxygen atoms in total. The molecule has 0 unspecified atom stereocenters. The summed E-state index contributed by atoms with van der Waals surface area (Å²) < 4.78 is 2.00. The SMILES string of the molecule is O=C(c1ccccc1)c1ccc2nc(-c3ccc(Br)cc3)c(-c3ccc(Br)cc3)nc2c1. The Morgan fingerprint density at radius 3 is 1.66 bits per heavy atom. The Morgan fingerprint density at radius 1 is 0.562 bits per heavy atom. The smallest absolute Gasteiger partial charge is 0.193 e. The molecule has 5 heteroatoms. The first-order chi connectivity index (χ1) is 15.6. The summed E-state index contributed by atoms with van der Waals surface area (Å²) >= 11 is 6.99. The molecule has 5 aromatic rings. The minimum atomic E-state index is -0.0310. The van der Waals surface area contributed by atoms with Crippen LogP contribution in [0.4, 0.5) is 0 Å². The van der Waals surface area contributed by atoms with Crippen LogP contribution in [0.3, 0.4) is 0 Å². The van der Waals surface area contributed by atoms with Crippen molar-refractivity contribution in [3.63, 3.8) is 0 Å². The summed E-state index contributed by atoms with van der Waals surface area (Å²) in [6.45, 7) is 0. The second kappa shape index (κ2) is 8.77. The van der Waals surface area contributed by atoms with Gasteiger partial charge < -0.3 is 0 Å². The maximum Gasteiger partial charge on any atom is 0.193 e. The number of hydrogen-bond acceptors (Lipinski definition) is 3. The Balaban J connectivity index is 1.69. The zero-order chi connectivity index (χ0) is 22.1. The first-order valence-electron chi connectivity index (χ1n) is 10.0. The Bertz CT molecular complexity index is 1430. The van der Waals surface area contributed by atoms with Crippen molar-refractivity contribution in [3.8, 4) is 22.5 Å². The van der Waals surface area contributed by atoms with Crippen LogP contribution in [-0.2, 0) is 0 Å². The molecule has 0 radical (unpaired) electrons. The number of halogens is 2. The van der Waals surface area contributed by atoms with Gasteiger partial charge in [-0.3, -0.25) is 4.79 Å². The van der Waals surface area contributed by atoms with Gasteiger partial charge in [-0.05, 0) is 42.5 Å². The number of aromatic nitrogens is 2. The normalized spacial score (nSPS) is 10.9. The third-order valence-corrected chi connectivity index (χ3v) is 6.26. The molecule has 0 spiro atoms. The molecule has 5 rings (SSSR count). The summed E-state index contributed by atoms with van der Waals surface area (Å²) in [5, 5.41) is 0. The number of carbonyl (C=O) groups is 1. The molecule has 0 aliphatic heterocycles. The lowest BCUT2D eigenvalue weighted by atomic mass is 10.0. The highest BCUT2D eigenvalue weighted by Crippen LogP contribution is 2.32. The van der Waals surface area contributed by atoms with Crippen LogP contribution < -0.4 is 0 Å². The maximum atomic E-state index is 12.9. The average molecular weight is 544 g/mol. The van der Waals surface area contributed by atoms with E-state index in [1.165, 1.54) is 0 Å². The van der Waals surface area contributed by atoms with E-state index in [1.54, 1.807) is 0 Å². The standard InChI is InChI=1S/C27H16Br2N2O/c28-21-11-6-17(7-12-21)25-26(18-8-13-22(29)14-9-18)31-24-16-20(10-15-23(24)30-25)27(32)19-4-2-1-3-5-19/h1-16H. The van der Waals surface area contributed by atoms with Gasteiger partial charge >= 0.3 is 0 Å². The number of carbonyl (C=O) groups excluding carboxylic acids is 1. The number of ketones is 1. The van der Waals surface area contributed by atoms with Crippen molar-refractivity contribution in [3.05, 3.63) is 117 Å². The lowest BCUT2D eigenvalue weighted by Gasteiger charge is -2.12. The lowest BCUT2D eigenvalue weighted by molar-refractivity contribution is 0.103. The summed E-state index contributed by atoms with van der Waals surface area (Å²) in [5.74, 6) is -0.0310. The summed E-state index contributed by atoms with van der Waals surface area (Å²) in [4.78, 5) is 22.9. The second-order valence-corrected chi connectivity index (χ2v) is 9.16. The molecule has 0 bridgehead atoms. The van der Waals surface area contributed by atoms with Gasteiger partial charge in [0, 0.05) is 31.2 Å². The van der Waals surface area contributed by atoms with Crippen LogP contribution in [0.1, 0.15) is 15.9 Å². The molecular weight excluding hydrogens is 528 g/mol. The Hall–Kier alpha value is -3.15. The van der Waals surface area contributed by atoms with E-state index in [-0.39, 0.29) is 5.78 Å². The third-order valence-electron chi connectivity index (χ3n) is 5.20. The number of hydrogen-bond donors (Lipinski definition) is 0. The van der Waals surface area contributed by atoms with Crippen LogP contribution in [0.25, 0.3) is 33.5 Å². The van der Waals surface area contributed by atoms with E-state index >= 15 is 0 Å². The van der Waals surface area contributed by atoms with E-state index < -0.39 is 0 Å². The van der Waals surface area contributed by atoms with E-state index in [0.717, 1.165) is 37.0 Å². The molecule has 0 saturated heterocycles. The highest BCUT2D eigenvalue weighted by molar-refractivity contribution is 9.10. The molecule has 1 aromatic heterocycles. The van der Waals surface area contributed by atoms with Crippen molar-refractivity contribution >= 4 is 48.7 Å². The van der Waals surface area contributed by atoms with Gasteiger partial charge in [-0.25, -0.2) is 9.97 Å². The maximum absolute atomic E-state index is 12.9. The highest BCUT2D eigenvalue weighted by atomic mass is 79.9. The van der Waals surface area contributed by atoms with Crippen LogP contribution in [0.2, 0.25) is 0 Å². The fourth-order valence-electron chi connectivity index (χ4n) is 3.57. The topological polar surface area (TPSA) is 42.9 Å².